The Morgan fingerprint density at radius 1 is 0.806 bits per heavy atom. The van der Waals surface area contributed by atoms with Gasteiger partial charge in [0.25, 0.3) is 0 Å². The Morgan fingerprint density at radius 2 is 1.36 bits per heavy atom. The van der Waals surface area contributed by atoms with Crippen molar-refractivity contribution < 1.29 is 18.7 Å². The predicted molar refractivity (Wildman–Crippen MR) is 144 cm³/mol. The number of nitrogens with one attached hydrogen (secondary N) is 1. The Balaban J connectivity index is 1.51. The van der Waals surface area contributed by atoms with Crippen molar-refractivity contribution in [2.75, 3.05) is 0 Å². The zero-order chi connectivity index (χ0) is 25.8. The third-order valence-corrected chi connectivity index (χ3v) is 6.09. The Hall–Kier alpha value is -3.02. The number of hydrogen-bond acceptors (Lipinski definition) is 4. The number of carbonyl (C=O) groups is 2. The maximum atomic E-state index is 13.7. The molecule has 2 rings (SSSR count). The Labute approximate surface area is 215 Å². The maximum Gasteiger partial charge on any atom is 0.346 e. The number of nitrogens with zero attached hydrogens (tertiary/aromatic N) is 1. The summed E-state index contributed by atoms with van der Waals surface area (Å²) in [6.07, 6.45) is 18.6. The summed E-state index contributed by atoms with van der Waals surface area (Å²) in [6, 6.07) is 12.3. The molecule has 1 amide bonds. The van der Waals surface area contributed by atoms with Gasteiger partial charge < -0.3 is 4.74 Å². The van der Waals surface area contributed by atoms with Gasteiger partial charge in [-0.15, -0.1) is 0 Å². The molecule has 5 nitrogen and oxygen atoms in total. The number of halogens is 1. The van der Waals surface area contributed by atoms with E-state index in [-0.39, 0.29) is 11.5 Å². The summed E-state index contributed by atoms with van der Waals surface area (Å²) in [6.45, 7) is 2.25. The van der Waals surface area contributed by atoms with Crippen molar-refractivity contribution >= 4 is 18.1 Å². The second-order valence-electron chi connectivity index (χ2n) is 9.22. The van der Waals surface area contributed by atoms with Gasteiger partial charge in [-0.05, 0) is 48.4 Å². The van der Waals surface area contributed by atoms with Crippen LogP contribution in [0.2, 0.25) is 0 Å². The summed E-state index contributed by atoms with van der Waals surface area (Å²) in [7, 11) is 0. The lowest BCUT2D eigenvalue weighted by atomic mass is 10.0. The lowest BCUT2D eigenvalue weighted by molar-refractivity contribution is -0.121. The van der Waals surface area contributed by atoms with E-state index < -0.39 is 11.8 Å². The largest absolute Gasteiger partial charge is 0.423 e. The highest BCUT2D eigenvalue weighted by Crippen LogP contribution is 2.16. The first-order valence-electron chi connectivity index (χ1n) is 13.5. The van der Waals surface area contributed by atoms with Crippen LogP contribution in [0.4, 0.5) is 4.39 Å². The minimum absolute atomic E-state index is 0.0928. The van der Waals surface area contributed by atoms with E-state index in [9.17, 15) is 14.0 Å². The highest BCUT2D eigenvalue weighted by molar-refractivity contribution is 5.91. The van der Waals surface area contributed by atoms with E-state index in [1.165, 1.54) is 95.0 Å². The summed E-state index contributed by atoms with van der Waals surface area (Å²) >= 11 is 0. The standard InChI is InChI=1S/C30H41FN2O3/c1-2-3-4-5-6-7-8-9-10-11-12-13-14-19-29(34)33-32-24-25-20-22-26(23-21-25)36-30(35)27-17-15-16-18-28(27)31/h15-18,20-24H,2-14,19H2,1H3,(H,33,34)/b32-24-. The molecule has 0 unspecified atom stereocenters. The fourth-order valence-corrected chi connectivity index (χ4v) is 3.95. The van der Waals surface area contributed by atoms with Gasteiger partial charge in [-0.1, -0.05) is 96.1 Å². The highest BCUT2D eigenvalue weighted by Gasteiger charge is 2.13. The average molecular weight is 497 g/mol. The first-order chi connectivity index (χ1) is 17.6. The molecule has 2 aromatic carbocycles. The van der Waals surface area contributed by atoms with E-state index in [1.807, 2.05) is 0 Å². The van der Waals surface area contributed by atoms with Crippen LogP contribution in [0.15, 0.2) is 53.6 Å². The SMILES string of the molecule is CCCCCCCCCCCCCCCC(=O)N/N=C\c1ccc(OC(=O)c2ccccc2F)cc1. The number of carbonyl (C=O) groups excluding carboxylic acids is 2. The average Bonchev–Trinajstić information content (AvgIpc) is 2.88. The van der Waals surface area contributed by atoms with Gasteiger partial charge in [-0.25, -0.2) is 14.6 Å². The second-order valence-corrected chi connectivity index (χ2v) is 9.22. The van der Waals surface area contributed by atoms with E-state index in [0.29, 0.717) is 12.2 Å². The zero-order valence-electron chi connectivity index (χ0n) is 21.6. The smallest absolute Gasteiger partial charge is 0.346 e. The normalized spacial score (nSPS) is 11.1. The number of hydrogen-bond donors (Lipinski definition) is 1. The quantitative estimate of drug-likeness (QED) is 0.0748. The third-order valence-electron chi connectivity index (χ3n) is 6.09. The van der Waals surface area contributed by atoms with Crippen LogP contribution in [0.3, 0.4) is 0 Å². The molecule has 0 bridgehead atoms. The molecular formula is C30H41FN2O3. The van der Waals surface area contributed by atoms with Crippen molar-refractivity contribution in [1.82, 2.24) is 5.43 Å². The van der Waals surface area contributed by atoms with Gasteiger partial charge in [0.2, 0.25) is 5.91 Å². The molecule has 1 N–H and O–H groups in total. The molecule has 0 spiro atoms. The van der Waals surface area contributed by atoms with Crippen molar-refractivity contribution in [3.63, 3.8) is 0 Å². The second kappa shape index (κ2) is 18.3. The lowest BCUT2D eigenvalue weighted by Crippen LogP contribution is -2.16. The zero-order valence-corrected chi connectivity index (χ0v) is 21.6. The molecule has 0 aliphatic carbocycles. The number of esters is 1. The molecule has 0 aliphatic heterocycles. The minimum Gasteiger partial charge on any atom is -0.423 e. The van der Waals surface area contributed by atoms with Crippen LogP contribution in [0.5, 0.6) is 5.75 Å². The van der Waals surface area contributed by atoms with Crippen LogP contribution in [-0.4, -0.2) is 18.1 Å². The van der Waals surface area contributed by atoms with Gasteiger partial charge in [0, 0.05) is 6.42 Å². The molecule has 0 aliphatic rings. The molecule has 2 aromatic rings. The number of hydrazone groups is 1. The first-order valence-corrected chi connectivity index (χ1v) is 13.5. The first kappa shape index (κ1) is 29.2. The van der Waals surface area contributed by atoms with Crippen LogP contribution >= 0.6 is 0 Å². The maximum absolute atomic E-state index is 13.7. The number of ether oxygens (including phenoxy) is 1. The number of amides is 1. The Kier molecular flexibility index (Phi) is 14.8. The monoisotopic (exact) mass is 496 g/mol. The van der Waals surface area contributed by atoms with E-state index >= 15 is 0 Å². The van der Waals surface area contributed by atoms with E-state index in [1.54, 1.807) is 30.3 Å². The van der Waals surface area contributed by atoms with Crippen molar-refractivity contribution in [3.05, 3.63) is 65.5 Å². The summed E-state index contributed by atoms with van der Waals surface area (Å²) in [5, 5.41) is 3.99. The number of rotatable bonds is 18. The molecule has 0 atom stereocenters. The van der Waals surface area contributed by atoms with Crippen molar-refractivity contribution in [1.29, 1.82) is 0 Å². The van der Waals surface area contributed by atoms with Gasteiger partial charge in [0.05, 0.1) is 11.8 Å². The Bertz CT molecular complexity index is 928. The molecule has 0 fully saturated rings. The van der Waals surface area contributed by atoms with Crippen molar-refractivity contribution in [2.24, 2.45) is 5.10 Å². The van der Waals surface area contributed by atoms with Gasteiger partial charge in [-0.2, -0.15) is 5.10 Å². The molecule has 0 heterocycles. The van der Waals surface area contributed by atoms with Gasteiger partial charge in [-0.3, -0.25) is 4.79 Å². The lowest BCUT2D eigenvalue weighted by Gasteiger charge is -2.05. The Morgan fingerprint density at radius 3 is 1.94 bits per heavy atom. The molecule has 196 valence electrons. The van der Waals surface area contributed by atoms with Crippen LogP contribution in [-0.2, 0) is 4.79 Å². The fourth-order valence-electron chi connectivity index (χ4n) is 3.95. The number of unbranched alkanes of at least 4 members (excludes halogenated alkanes) is 12. The summed E-state index contributed by atoms with van der Waals surface area (Å²) in [5.41, 5.74) is 3.17. The van der Waals surface area contributed by atoms with Gasteiger partial charge >= 0.3 is 5.97 Å². The van der Waals surface area contributed by atoms with E-state index in [0.717, 1.165) is 18.4 Å². The van der Waals surface area contributed by atoms with Crippen LogP contribution in [0, 0.1) is 5.82 Å². The third kappa shape index (κ3) is 12.6. The summed E-state index contributed by atoms with van der Waals surface area (Å²) < 4.78 is 18.9. The molecule has 0 saturated heterocycles. The van der Waals surface area contributed by atoms with Gasteiger partial charge in [0.15, 0.2) is 0 Å². The molecule has 36 heavy (non-hydrogen) atoms. The summed E-state index contributed by atoms with van der Waals surface area (Å²) in [5.74, 6) is -1.17. The molecule has 0 saturated carbocycles. The number of benzene rings is 2. The van der Waals surface area contributed by atoms with Crippen LogP contribution < -0.4 is 10.2 Å². The topological polar surface area (TPSA) is 67.8 Å². The van der Waals surface area contributed by atoms with E-state index in [4.69, 9.17) is 4.74 Å². The molecule has 6 heteroatoms. The highest BCUT2D eigenvalue weighted by atomic mass is 19.1. The van der Waals surface area contributed by atoms with Gasteiger partial charge in [0.1, 0.15) is 11.6 Å². The van der Waals surface area contributed by atoms with Crippen molar-refractivity contribution in [2.45, 2.75) is 96.8 Å². The summed E-state index contributed by atoms with van der Waals surface area (Å²) in [4.78, 5) is 24.0. The molecular weight excluding hydrogens is 455 g/mol. The van der Waals surface area contributed by atoms with Crippen molar-refractivity contribution in [3.8, 4) is 5.75 Å². The van der Waals surface area contributed by atoms with E-state index in [2.05, 4.69) is 17.5 Å². The molecule has 0 aromatic heterocycles. The minimum atomic E-state index is -0.755. The predicted octanol–water partition coefficient (Wildman–Crippen LogP) is 7.98. The van der Waals surface area contributed by atoms with Crippen LogP contribution in [0.1, 0.15) is 113 Å². The fraction of sp³-hybridized carbons (Fsp3) is 0.500. The van der Waals surface area contributed by atoms with Crippen LogP contribution in [0.25, 0.3) is 0 Å². The molecule has 0 radical (unpaired) electrons.